The molecule has 3 atom stereocenters. The zero-order chi connectivity index (χ0) is 21.3. The van der Waals surface area contributed by atoms with Crippen molar-refractivity contribution in [2.75, 3.05) is 0 Å². The third kappa shape index (κ3) is 3.99. The quantitative estimate of drug-likeness (QED) is 0.655. The molecule has 6 nitrogen and oxygen atoms in total. The van der Waals surface area contributed by atoms with E-state index in [0.717, 1.165) is 30.2 Å². The van der Waals surface area contributed by atoms with E-state index in [9.17, 15) is 13.2 Å². The first-order chi connectivity index (χ1) is 14.4. The lowest BCUT2D eigenvalue weighted by molar-refractivity contribution is 0.0925. The second kappa shape index (κ2) is 8.22. The van der Waals surface area contributed by atoms with Gasteiger partial charge in [-0.05, 0) is 48.1 Å². The highest BCUT2D eigenvalue weighted by Crippen LogP contribution is 2.36. The third-order valence-electron chi connectivity index (χ3n) is 6.28. The standard InChI is InChI=1S/C23H26N2O4S/c1-15-4-3-5-22(16(15)2)30(27,28)19-8-6-17(7-9-19)13-25-23(26)20-12-18-10-11-24-14-21(18)29-20/h6-12,14-16,22H,3-5,13H2,1-2H3,(H,25,26). The number of aromatic nitrogens is 1. The predicted molar refractivity (Wildman–Crippen MR) is 115 cm³/mol. The van der Waals surface area contributed by atoms with E-state index in [4.69, 9.17) is 4.42 Å². The summed E-state index contributed by atoms with van der Waals surface area (Å²) in [5.41, 5.74) is 1.38. The smallest absolute Gasteiger partial charge is 0.287 e. The van der Waals surface area contributed by atoms with Gasteiger partial charge in [0.1, 0.15) is 0 Å². The van der Waals surface area contributed by atoms with Crippen LogP contribution in [0.1, 0.15) is 49.2 Å². The normalized spacial score (nSPS) is 22.1. The monoisotopic (exact) mass is 426 g/mol. The summed E-state index contributed by atoms with van der Waals surface area (Å²) in [5.74, 6) is 0.467. The predicted octanol–water partition coefficient (Wildman–Crippen LogP) is 4.36. The van der Waals surface area contributed by atoms with Crippen LogP contribution >= 0.6 is 0 Å². The number of amides is 1. The third-order valence-corrected chi connectivity index (χ3v) is 8.67. The maximum absolute atomic E-state index is 13.1. The lowest BCUT2D eigenvalue weighted by Gasteiger charge is -2.33. The van der Waals surface area contributed by atoms with Gasteiger partial charge in [-0.2, -0.15) is 0 Å². The maximum atomic E-state index is 13.1. The topological polar surface area (TPSA) is 89.3 Å². The Hall–Kier alpha value is -2.67. The molecule has 1 saturated carbocycles. The van der Waals surface area contributed by atoms with Crippen LogP contribution < -0.4 is 5.32 Å². The zero-order valence-corrected chi connectivity index (χ0v) is 18.0. The van der Waals surface area contributed by atoms with E-state index in [-0.39, 0.29) is 29.4 Å². The van der Waals surface area contributed by atoms with Crippen molar-refractivity contribution in [1.29, 1.82) is 0 Å². The molecule has 2 heterocycles. The minimum atomic E-state index is -3.36. The van der Waals surface area contributed by atoms with Gasteiger partial charge < -0.3 is 9.73 Å². The van der Waals surface area contributed by atoms with Gasteiger partial charge in [0.15, 0.2) is 21.2 Å². The van der Waals surface area contributed by atoms with Crippen molar-refractivity contribution in [1.82, 2.24) is 10.3 Å². The molecule has 1 aromatic carbocycles. The van der Waals surface area contributed by atoms with Gasteiger partial charge in [-0.3, -0.25) is 9.78 Å². The summed E-state index contributed by atoms with van der Waals surface area (Å²) in [5, 5.41) is 3.30. The van der Waals surface area contributed by atoms with E-state index >= 15 is 0 Å². The zero-order valence-electron chi connectivity index (χ0n) is 17.2. The molecule has 0 radical (unpaired) electrons. The molecule has 0 saturated heterocycles. The number of carbonyl (C=O) groups is 1. The highest BCUT2D eigenvalue weighted by molar-refractivity contribution is 7.92. The summed E-state index contributed by atoms with van der Waals surface area (Å²) in [4.78, 5) is 16.7. The van der Waals surface area contributed by atoms with Crippen LogP contribution in [0.4, 0.5) is 0 Å². The van der Waals surface area contributed by atoms with Gasteiger partial charge in [0.05, 0.1) is 16.3 Å². The van der Waals surface area contributed by atoms with Crippen LogP contribution in [0.2, 0.25) is 0 Å². The molecule has 3 aromatic rings. The molecule has 2 aromatic heterocycles. The average molecular weight is 427 g/mol. The van der Waals surface area contributed by atoms with Gasteiger partial charge in [0, 0.05) is 18.1 Å². The molecular formula is C23H26N2O4S. The Bertz CT molecular complexity index is 1120. The first kappa shape index (κ1) is 20.6. The SMILES string of the molecule is CC1CCCC(S(=O)(=O)c2ccc(CNC(=O)c3cc4ccncc4o3)cc2)C1C. The van der Waals surface area contributed by atoms with Crippen LogP contribution in [0.5, 0.6) is 0 Å². The van der Waals surface area contributed by atoms with Gasteiger partial charge >= 0.3 is 0 Å². The average Bonchev–Trinajstić information content (AvgIpc) is 3.18. The highest BCUT2D eigenvalue weighted by Gasteiger charge is 2.37. The lowest BCUT2D eigenvalue weighted by atomic mass is 9.81. The summed E-state index contributed by atoms with van der Waals surface area (Å²) < 4.78 is 31.7. The molecule has 3 unspecified atom stereocenters. The molecule has 4 rings (SSSR count). The number of nitrogens with one attached hydrogen (secondary N) is 1. The Labute approximate surface area is 176 Å². The van der Waals surface area contributed by atoms with Crippen molar-refractivity contribution in [3.8, 4) is 0 Å². The van der Waals surface area contributed by atoms with Crippen LogP contribution in [0.25, 0.3) is 11.0 Å². The number of sulfone groups is 1. The van der Waals surface area contributed by atoms with E-state index in [1.165, 1.54) is 0 Å². The molecule has 1 aliphatic rings. The van der Waals surface area contributed by atoms with Gasteiger partial charge in [0.25, 0.3) is 5.91 Å². The van der Waals surface area contributed by atoms with Crippen molar-refractivity contribution in [3.63, 3.8) is 0 Å². The van der Waals surface area contributed by atoms with Gasteiger partial charge in [-0.15, -0.1) is 0 Å². The molecule has 7 heteroatoms. The maximum Gasteiger partial charge on any atom is 0.287 e. The number of rotatable bonds is 5. The van der Waals surface area contributed by atoms with Crippen molar-refractivity contribution in [3.05, 3.63) is 60.1 Å². The lowest BCUT2D eigenvalue weighted by Crippen LogP contribution is -2.35. The Morgan fingerprint density at radius 1 is 1.17 bits per heavy atom. The van der Waals surface area contributed by atoms with Crippen LogP contribution in [-0.4, -0.2) is 24.6 Å². The minimum absolute atomic E-state index is 0.154. The molecule has 158 valence electrons. The number of benzene rings is 1. The molecule has 0 bridgehead atoms. The Kier molecular flexibility index (Phi) is 5.64. The van der Waals surface area contributed by atoms with Gasteiger partial charge in [0.2, 0.25) is 0 Å². The second-order valence-corrected chi connectivity index (χ2v) is 10.4. The molecule has 30 heavy (non-hydrogen) atoms. The fourth-order valence-corrected chi connectivity index (χ4v) is 6.38. The van der Waals surface area contributed by atoms with E-state index in [0.29, 0.717) is 16.4 Å². The van der Waals surface area contributed by atoms with E-state index in [1.54, 1.807) is 48.8 Å². The first-order valence-electron chi connectivity index (χ1n) is 10.3. The summed E-state index contributed by atoms with van der Waals surface area (Å²) in [7, 11) is -3.36. The van der Waals surface area contributed by atoms with Crippen molar-refractivity contribution >= 4 is 26.7 Å². The second-order valence-electron chi connectivity index (χ2n) is 8.20. The van der Waals surface area contributed by atoms with Gasteiger partial charge in [-0.25, -0.2) is 8.42 Å². The molecule has 1 amide bonds. The number of nitrogens with zero attached hydrogens (tertiary/aromatic N) is 1. The Morgan fingerprint density at radius 3 is 2.67 bits per heavy atom. The molecule has 0 spiro atoms. The summed E-state index contributed by atoms with van der Waals surface area (Å²) in [6.45, 7) is 4.46. The fraction of sp³-hybridized carbons (Fsp3) is 0.391. The Balaban J connectivity index is 1.42. The van der Waals surface area contributed by atoms with Crippen molar-refractivity contribution in [2.24, 2.45) is 11.8 Å². The largest absolute Gasteiger partial charge is 0.449 e. The van der Waals surface area contributed by atoms with E-state index in [1.807, 2.05) is 6.92 Å². The number of furan rings is 1. The fourth-order valence-electron chi connectivity index (χ4n) is 4.21. The van der Waals surface area contributed by atoms with E-state index in [2.05, 4.69) is 17.2 Å². The molecule has 1 fully saturated rings. The van der Waals surface area contributed by atoms with Crippen LogP contribution in [-0.2, 0) is 16.4 Å². The number of hydrogen-bond donors (Lipinski definition) is 1. The number of hydrogen-bond acceptors (Lipinski definition) is 5. The van der Waals surface area contributed by atoms with Crippen LogP contribution in [0, 0.1) is 11.8 Å². The molecule has 0 aliphatic heterocycles. The summed E-state index contributed by atoms with van der Waals surface area (Å²) >= 11 is 0. The Morgan fingerprint density at radius 2 is 1.93 bits per heavy atom. The number of carbonyl (C=O) groups excluding carboxylic acids is 1. The van der Waals surface area contributed by atoms with Crippen LogP contribution in [0.15, 0.2) is 58.1 Å². The van der Waals surface area contributed by atoms with Crippen molar-refractivity contribution < 1.29 is 17.6 Å². The van der Waals surface area contributed by atoms with Crippen molar-refractivity contribution in [2.45, 2.75) is 49.8 Å². The molecule has 1 aliphatic carbocycles. The van der Waals surface area contributed by atoms with Crippen LogP contribution in [0.3, 0.4) is 0 Å². The molecular weight excluding hydrogens is 400 g/mol. The summed E-state index contributed by atoms with van der Waals surface area (Å²) in [6, 6.07) is 10.3. The molecule has 1 N–H and O–H groups in total. The minimum Gasteiger partial charge on any atom is -0.449 e. The number of pyridine rings is 1. The van der Waals surface area contributed by atoms with E-state index < -0.39 is 9.84 Å². The first-order valence-corrected chi connectivity index (χ1v) is 11.9. The highest BCUT2D eigenvalue weighted by atomic mass is 32.2. The summed E-state index contributed by atoms with van der Waals surface area (Å²) in [6.07, 6.45) is 5.98. The van der Waals surface area contributed by atoms with Gasteiger partial charge in [-0.1, -0.05) is 38.8 Å². The number of fused-ring (bicyclic) bond motifs is 1.